The van der Waals surface area contributed by atoms with Crippen molar-refractivity contribution in [2.45, 2.75) is 56.0 Å². The molecule has 2 aliphatic heterocycles. The fraction of sp³-hybridized carbons (Fsp3) is 0.611. The lowest BCUT2D eigenvalue weighted by molar-refractivity contribution is -0.122. The quantitative estimate of drug-likeness (QED) is 0.827. The van der Waals surface area contributed by atoms with Gasteiger partial charge in [0.1, 0.15) is 0 Å². The summed E-state index contributed by atoms with van der Waals surface area (Å²) in [6.07, 6.45) is 4.03. The zero-order valence-electron chi connectivity index (χ0n) is 14.7. The Labute approximate surface area is 150 Å². The number of carbonyl (C=O) groups excluding carboxylic acids is 1. The summed E-state index contributed by atoms with van der Waals surface area (Å²) in [5, 5.41) is 6.39. The second kappa shape index (κ2) is 7.85. The SMILES string of the molecule is Cc1ccc(S(=O)(=O)N2CCC(NC(=O)CC3CCCN3)CC2)cc1. The molecular weight excluding hydrogens is 338 g/mol. The molecule has 0 saturated carbocycles. The number of amides is 1. The Kier molecular flexibility index (Phi) is 5.76. The lowest BCUT2D eigenvalue weighted by Gasteiger charge is -2.31. The van der Waals surface area contributed by atoms with Gasteiger partial charge in [0.25, 0.3) is 0 Å². The minimum absolute atomic E-state index is 0.0679. The summed E-state index contributed by atoms with van der Waals surface area (Å²) in [6, 6.07) is 7.31. The number of hydrogen-bond donors (Lipinski definition) is 2. The highest BCUT2D eigenvalue weighted by Crippen LogP contribution is 2.21. The van der Waals surface area contributed by atoms with Gasteiger partial charge in [0.2, 0.25) is 15.9 Å². The molecule has 2 fully saturated rings. The van der Waals surface area contributed by atoms with Crippen LogP contribution in [0.3, 0.4) is 0 Å². The molecule has 1 unspecified atom stereocenters. The highest BCUT2D eigenvalue weighted by atomic mass is 32.2. The van der Waals surface area contributed by atoms with Crippen LogP contribution in [-0.2, 0) is 14.8 Å². The summed E-state index contributed by atoms with van der Waals surface area (Å²) in [4.78, 5) is 12.5. The number of sulfonamides is 1. The third-order valence-corrected chi connectivity index (χ3v) is 6.98. The number of nitrogens with one attached hydrogen (secondary N) is 2. The molecule has 1 amide bonds. The zero-order valence-corrected chi connectivity index (χ0v) is 15.5. The predicted molar refractivity (Wildman–Crippen MR) is 96.7 cm³/mol. The first-order chi connectivity index (χ1) is 11.9. The number of rotatable bonds is 5. The third kappa shape index (κ3) is 4.59. The van der Waals surface area contributed by atoms with Crippen LogP contribution in [0.1, 0.15) is 37.7 Å². The number of hydrogen-bond acceptors (Lipinski definition) is 4. The van der Waals surface area contributed by atoms with Gasteiger partial charge in [0.15, 0.2) is 0 Å². The molecular formula is C18H27N3O3S. The fourth-order valence-corrected chi connectivity index (χ4v) is 5.01. The molecule has 0 spiro atoms. The Morgan fingerprint density at radius 1 is 1.20 bits per heavy atom. The number of benzene rings is 1. The van der Waals surface area contributed by atoms with Gasteiger partial charge in [-0.25, -0.2) is 8.42 Å². The number of piperidine rings is 1. The number of nitrogens with zero attached hydrogens (tertiary/aromatic N) is 1. The Balaban J connectivity index is 1.51. The van der Waals surface area contributed by atoms with Crippen molar-refractivity contribution in [2.24, 2.45) is 0 Å². The van der Waals surface area contributed by atoms with Gasteiger partial charge in [-0.2, -0.15) is 4.31 Å². The van der Waals surface area contributed by atoms with Crippen LogP contribution < -0.4 is 10.6 Å². The molecule has 138 valence electrons. The molecule has 2 aliphatic rings. The van der Waals surface area contributed by atoms with Gasteiger partial charge in [0.05, 0.1) is 4.90 Å². The lowest BCUT2D eigenvalue weighted by atomic mass is 10.1. The van der Waals surface area contributed by atoms with Gasteiger partial charge in [-0.05, 0) is 51.3 Å². The highest BCUT2D eigenvalue weighted by Gasteiger charge is 2.30. The normalized spacial score (nSPS) is 22.8. The van der Waals surface area contributed by atoms with E-state index in [0.717, 1.165) is 24.9 Å². The summed E-state index contributed by atoms with van der Waals surface area (Å²) in [6.45, 7) is 3.82. The first-order valence-electron chi connectivity index (χ1n) is 9.05. The fourth-order valence-electron chi connectivity index (χ4n) is 3.54. The van der Waals surface area contributed by atoms with E-state index in [0.29, 0.717) is 43.3 Å². The molecule has 2 N–H and O–H groups in total. The predicted octanol–water partition coefficient (Wildman–Crippen LogP) is 1.41. The molecule has 1 atom stereocenters. The van der Waals surface area contributed by atoms with Crippen LogP contribution in [0.5, 0.6) is 0 Å². The Morgan fingerprint density at radius 2 is 1.88 bits per heavy atom. The van der Waals surface area contributed by atoms with Crippen molar-refractivity contribution in [3.8, 4) is 0 Å². The van der Waals surface area contributed by atoms with Crippen molar-refractivity contribution >= 4 is 15.9 Å². The molecule has 3 rings (SSSR count). The zero-order chi connectivity index (χ0) is 17.9. The monoisotopic (exact) mass is 365 g/mol. The first kappa shape index (κ1) is 18.4. The second-order valence-corrected chi connectivity index (χ2v) is 8.99. The summed E-state index contributed by atoms with van der Waals surface area (Å²) in [5.74, 6) is 0.0687. The standard InChI is InChI=1S/C18H27N3O3S/c1-14-4-6-17(7-5-14)25(23,24)21-11-8-15(9-12-21)20-18(22)13-16-3-2-10-19-16/h4-7,15-16,19H,2-3,8-13H2,1H3,(H,20,22). The molecule has 1 aromatic rings. The van der Waals surface area contributed by atoms with Crippen molar-refractivity contribution in [1.82, 2.24) is 14.9 Å². The summed E-state index contributed by atoms with van der Waals surface area (Å²) >= 11 is 0. The summed E-state index contributed by atoms with van der Waals surface area (Å²) in [7, 11) is -3.44. The minimum atomic E-state index is -3.44. The van der Waals surface area contributed by atoms with Gasteiger partial charge < -0.3 is 10.6 Å². The first-order valence-corrected chi connectivity index (χ1v) is 10.5. The van der Waals surface area contributed by atoms with E-state index in [1.54, 1.807) is 12.1 Å². The highest BCUT2D eigenvalue weighted by molar-refractivity contribution is 7.89. The van der Waals surface area contributed by atoms with E-state index >= 15 is 0 Å². The Morgan fingerprint density at radius 3 is 2.48 bits per heavy atom. The molecule has 0 radical (unpaired) electrons. The van der Waals surface area contributed by atoms with Crippen molar-refractivity contribution in [3.05, 3.63) is 29.8 Å². The molecule has 6 nitrogen and oxygen atoms in total. The minimum Gasteiger partial charge on any atom is -0.353 e. The van der Waals surface area contributed by atoms with E-state index in [9.17, 15) is 13.2 Å². The maximum absolute atomic E-state index is 12.7. The second-order valence-electron chi connectivity index (χ2n) is 7.06. The molecule has 0 aliphatic carbocycles. The number of carbonyl (C=O) groups is 1. The molecule has 25 heavy (non-hydrogen) atoms. The van der Waals surface area contributed by atoms with Gasteiger partial charge in [-0.1, -0.05) is 17.7 Å². The third-order valence-electron chi connectivity index (χ3n) is 5.07. The average molecular weight is 365 g/mol. The topological polar surface area (TPSA) is 78.5 Å². The molecule has 1 aromatic carbocycles. The maximum atomic E-state index is 12.7. The molecule has 0 aromatic heterocycles. The van der Waals surface area contributed by atoms with Crippen molar-refractivity contribution in [3.63, 3.8) is 0 Å². The van der Waals surface area contributed by atoms with Crippen LogP contribution in [0, 0.1) is 6.92 Å². The van der Waals surface area contributed by atoms with Crippen LogP contribution in [-0.4, -0.2) is 50.3 Å². The van der Waals surface area contributed by atoms with Gasteiger partial charge in [-0.15, -0.1) is 0 Å². The maximum Gasteiger partial charge on any atom is 0.243 e. The van der Waals surface area contributed by atoms with Crippen molar-refractivity contribution < 1.29 is 13.2 Å². The van der Waals surface area contributed by atoms with E-state index in [4.69, 9.17) is 0 Å². The summed E-state index contributed by atoms with van der Waals surface area (Å²) in [5.41, 5.74) is 1.04. The van der Waals surface area contributed by atoms with Crippen LogP contribution in [0.2, 0.25) is 0 Å². The lowest BCUT2D eigenvalue weighted by Crippen LogP contribution is -2.47. The molecule has 7 heteroatoms. The average Bonchev–Trinajstić information content (AvgIpc) is 3.08. The molecule has 0 bridgehead atoms. The van der Waals surface area contributed by atoms with E-state index in [-0.39, 0.29) is 11.9 Å². The Hall–Kier alpha value is -1.44. The van der Waals surface area contributed by atoms with E-state index in [2.05, 4.69) is 10.6 Å². The van der Waals surface area contributed by atoms with Gasteiger partial charge >= 0.3 is 0 Å². The van der Waals surface area contributed by atoms with Crippen LogP contribution >= 0.6 is 0 Å². The van der Waals surface area contributed by atoms with Gasteiger partial charge in [-0.3, -0.25) is 4.79 Å². The Bertz CT molecular complexity index is 689. The molecule has 2 heterocycles. The van der Waals surface area contributed by atoms with Crippen molar-refractivity contribution in [1.29, 1.82) is 0 Å². The van der Waals surface area contributed by atoms with Crippen LogP contribution in [0.4, 0.5) is 0 Å². The van der Waals surface area contributed by atoms with E-state index in [1.165, 1.54) is 4.31 Å². The van der Waals surface area contributed by atoms with Crippen LogP contribution in [0.25, 0.3) is 0 Å². The smallest absolute Gasteiger partial charge is 0.243 e. The van der Waals surface area contributed by atoms with Crippen LogP contribution in [0.15, 0.2) is 29.2 Å². The van der Waals surface area contributed by atoms with Crippen molar-refractivity contribution in [2.75, 3.05) is 19.6 Å². The number of aryl methyl sites for hydroxylation is 1. The van der Waals surface area contributed by atoms with Gasteiger partial charge in [0, 0.05) is 31.6 Å². The summed E-state index contributed by atoms with van der Waals surface area (Å²) < 4.78 is 26.9. The van der Waals surface area contributed by atoms with E-state index in [1.807, 2.05) is 19.1 Å². The van der Waals surface area contributed by atoms with E-state index < -0.39 is 10.0 Å². The largest absolute Gasteiger partial charge is 0.353 e. The molecule has 2 saturated heterocycles.